The third-order valence-electron chi connectivity index (χ3n) is 5.78. The van der Waals surface area contributed by atoms with Gasteiger partial charge in [-0.05, 0) is 18.6 Å². The highest BCUT2D eigenvalue weighted by Gasteiger charge is 2.46. The van der Waals surface area contributed by atoms with Gasteiger partial charge in [0.25, 0.3) is 11.8 Å². The van der Waals surface area contributed by atoms with Crippen molar-refractivity contribution in [1.82, 2.24) is 15.5 Å². The lowest BCUT2D eigenvalue weighted by molar-refractivity contribution is -0.152. The van der Waals surface area contributed by atoms with Gasteiger partial charge in [0.2, 0.25) is 17.7 Å². The Morgan fingerprint density at radius 1 is 1.21 bits per heavy atom. The fourth-order valence-electron chi connectivity index (χ4n) is 4.09. The summed E-state index contributed by atoms with van der Waals surface area (Å²) in [6, 6.07) is 3.48. The molecule has 3 N–H and O–H groups in total. The van der Waals surface area contributed by atoms with Crippen molar-refractivity contribution in [2.75, 3.05) is 32.2 Å². The number of amides is 5. The van der Waals surface area contributed by atoms with Crippen LogP contribution in [0, 0.1) is 0 Å². The standard InChI is InChI=1S/C21H22N4O8/c1-32-16(28)7-21(9-33-10-21)24-15(27)8-22-12-4-2-3-11-17(12)20(31)25(19(11)30)13-5-6-14(26)23-18(13)29/h2-4,13,22H,5-10H2,1H3,(H,24,27)(H,23,26,29). The summed E-state index contributed by atoms with van der Waals surface area (Å²) in [4.78, 5) is 74.5. The molecule has 3 aliphatic rings. The SMILES string of the molecule is COC(=O)CC1(NC(=O)CNc2cccc3c2C(=O)N(C2CCC(=O)NC2=O)C3=O)COC1. The quantitative estimate of drug-likeness (QED) is 0.342. The highest BCUT2D eigenvalue weighted by Crippen LogP contribution is 2.32. The van der Waals surface area contributed by atoms with Crippen molar-refractivity contribution in [2.45, 2.75) is 30.8 Å². The average Bonchev–Trinajstić information content (AvgIpc) is 3.01. The molecule has 4 rings (SSSR count). The van der Waals surface area contributed by atoms with Gasteiger partial charge in [-0.3, -0.25) is 39.0 Å². The van der Waals surface area contributed by atoms with Crippen LogP contribution in [0.1, 0.15) is 40.0 Å². The molecule has 1 atom stereocenters. The van der Waals surface area contributed by atoms with Gasteiger partial charge >= 0.3 is 5.97 Å². The van der Waals surface area contributed by atoms with E-state index in [0.717, 1.165) is 4.90 Å². The lowest BCUT2D eigenvalue weighted by Gasteiger charge is -2.41. The summed E-state index contributed by atoms with van der Waals surface area (Å²) in [5, 5.41) is 7.74. The number of nitrogens with zero attached hydrogens (tertiary/aromatic N) is 1. The van der Waals surface area contributed by atoms with Gasteiger partial charge in [-0.2, -0.15) is 0 Å². The summed E-state index contributed by atoms with van der Waals surface area (Å²) >= 11 is 0. The van der Waals surface area contributed by atoms with Crippen LogP contribution in [0.15, 0.2) is 18.2 Å². The lowest BCUT2D eigenvalue weighted by Crippen LogP contribution is -2.63. The van der Waals surface area contributed by atoms with Crippen molar-refractivity contribution in [3.05, 3.63) is 29.3 Å². The number of ether oxygens (including phenoxy) is 2. The number of hydrogen-bond acceptors (Lipinski definition) is 9. The van der Waals surface area contributed by atoms with E-state index in [1.165, 1.54) is 13.2 Å². The third-order valence-corrected chi connectivity index (χ3v) is 5.78. The lowest BCUT2D eigenvalue weighted by atomic mass is 9.93. The zero-order chi connectivity index (χ0) is 23.8. The van der Waals surface area contributed by atoms with E-state index in [2.05, 4.69) is 20.7 Å². The van der Waals surface area contributed by atoms with E-state index in [9.17, 15) is 28.8 Å². The molecule has 12 heteroatoms. The van der Waals surface area contributed by atoms with E-state index in [1.54, 1.807) is 12.1 Å². The van der Waals surface area contributed by atoms with E-state index in [4.69, 9.17) is 4.74 Å². The topological polar surface area (TPSA) is 160 Å². The molecular weight excluding hydrogens is 436 g/mol. The number of rotatable bonds is 7. The number of benzene rings is 1. The molecule has 0 spiro atoms. The summed E-state index contributed by atoms with van der Waals surface area (Å²) in [5.41, 5.74) is -0.442. The van der Waals surface area contributed by atoms with Crippen LogP contribution >= 0.6 is 0 Å². The summed E-state index contributed by atoms with van der Waals surface area (Å²) in [6.07, 6.45) is 0.0294. The number of methoxy groups -OCH3 is 1. The van der Waals surface area contributed by atoms with Gasteiger partial charge in [0, 0.05) is 12.1 Å². The summed E-state index contributed by atoms with van der Waals surface area (Å²) in [5.74, 6) is -3.40. The first-order valence-corrected chi connectivity index (χ1v) is 10.3. The Kier molecular flexibility index (Phi) is 5.85. The second-order valence-corrected chi connectivity index (χ2v) is 8.10. The van der Waals surface area contributed by atoms with Crippen LogP contribution in [0.25, 0.3) is 0 Å². The van der Waals surface area contributed by atoms with Crippen LogP contribution in [-0.2, 0) is 28.7 Å². The molecule has 1 aromatic carbocycles. The average molecular weight is 458 g/mol. The molecule has 33 heavy (non-hydrogen) atoms. The maximum absolute atomic E-state index is 13.1. The number of anilines is 1. The van der Waals surface area contributed by atoms with Crippen LogP contribution < -0.4 is 16.0 Å². The Bertz CT molecular complexity index is 1060. The molecule has 3 heterocycles. The number of carbonyl (C=O) groups is 6. The van der Waals surface area contributed by atoms with Crippen LogP contribution in [0.2, 0.25) is 0 Å². The van der Waals surface area contributed by atoms with E-state index < -0.39 is 47.1 Å². The molecule has 5 amide bonds. The van der Waals surface area contributed by atoms with Crippen molar-refractivity contribution in [2.24, 2.45) is 0 Å². The molecule has 12 nitrogen and oxygen atoms in total. The predicted molar refractivity (Wildman–Crippen MR) is 110 cm³/mol. The normalized spacial score (nSPS) is 21.1. The first kappa shape index (κ1) is 22.4. The minimum Gasteiger partial charge on any atom is -0.469 e. The Labute approximate surface area is 187 Å². The van der Waals surface area contributed by atoms with Gasteiger partial charge in [-0.15, -0.1) is 0 Å². The number of nitrogens with one attached hydrogen (secondary N) is 3. The van der Waals surface area contributed by atoms with Crippen molar-refractivity contribution in [1.29, 1.82) is 0 Å². The predicted octanol–water partition coefficient (Wildman–Crippen LogP) is -1.05. The Morgan fingerprint density at radius 3 is 2.61 bits per heavy atom. The van der Waals surface area contributed by atoms with Crippen LogP contribution in [0.3, 0.4) is 0 Å². The fraction of sp³-hybridized carbons (Fsp3) is 0.429. The Balaban J connectivity index is 1.46. The molecule has 0 aromatic heterocycles. The highest BCUT2D eigenvalue weighted by atomic mass is 16.5. The summed E-state index contributed by atoms with van der Waals surface area (Å²) < 4.78 is 9.79. The van der Waals surface area contributed by atoms with E-state index in [0.29, 0.717) is 0 Å². The molecule has 3 aliphatic heterocycles. The van der Waals surface area contributed by atoms with Crippen molar-refractivity contribution in [3.63, 3.8) is 0 Å². The van der Waals surface area contributed by atoms with Crippen molar-refractivity contribution < 1.29 is 38.2 Å². The number of piperidine rings is 1. The summed E-state index contributed by atoms with van der Waals surface area (Å²) in [7, 11) is 1.26. The number of fused-ring (bicyclic) bond motifs is 1. The van der Waals surface area contributed by atoms with Crippen LogP contribution in [0.4, 0.5) is 5.69 Å². The largest absolute Gasteiger partial charge is 0.469 e. The van der Waals surface area contributed by atoms with E-state index in [1.807, 2.05) is 0 Å². The first-order chi connectivity index (χ1) is 15.7. The number of imide groups is 2. The van der Waals surface area contributed by atoms with Gasteiger partial charge < -0.3 is 20.1 Å². The molecule has 0 radical (unpaired) electrons. The molecule has 174 valence electrons. The fourth-order valence-corrected chi connectivity index (χ4v) is 4.09. The molecule has 0 aliphatic carbocycles. The van der Waals surface area contributed by atoms with Crippen molar-refractivity contribution in [3.8, 4) is 0 Å². The van der Waals surface area contributed by atoms with E-state index in [-0.39, 0.29) is 55.8 Å². The monoisotopic (exact) mass is 458 g/mol. The molecule has 2 fully saturated rings. The zero-order valence-electron chi connectivity index (χ0n) is 17.8. The van der Waals surface area contributed by atoms with E-state index >= 15 is 0 Å². The van der Waals surface area contributed by atoms with Gasteiger partial charge in [0.1, 0.15) is 6.04 Å². The number of hydrogen-bond donors (Lipinski definition) is 3. The zero-order valence-corrected chi connectivity index (χ0v) is 17.8. The highest BCUT2D eigenvalue weighted by molar-refractivity contribution is 6.25. The molecule has 1 aromatic rings. The minimum atomic E-state index is -1.08. The van der Waals surface area contributed by atoms with Crippen molar-refractivity contribution >= 4 is 41.2 Å². The maximum Gasteiger partial charge on any atom is 0.308 e. The van der Waals surface area contributed by atoms with Gasteiger partial charge in [0.15, 0.2) is 0 Å². The molecular formula is C21H22N4O8. The second-order valence-electron chi connectivity index (χ2n) is 8.10. The third kappa shape index (κ3) is 4.16. The van der Waals surface area contributed by atoms with Gasteiger partial charge in [-0.25, -0.2) is 0 Å². The molecule has 2 saturated heterocycles. The smallest absolute Gasteiger partial charge is 0.308 e. The second kappa shape index (κ2) is 8.62. The molecule has 0 saturated carbocycles. The van der Waals surface area contributed by atoms with Crippen LogP contribution in [0.5, 0.6) is 0 Å². The first-order valence-electron chi connectivity index (χ1n) is 10.3. The maximum atomic E-state index is 13.1. The van der Waals surface area contributed by atoms with Crippen LogP contribution in [-0.4, -0.2) is 78.9 Å². The Hall–Kier alpha value is -3.80. The minimum absolute atomic E-state index is 0.0200. The van der Waals surface area contributed by atoms with Gasteiger partial charge in [0.05, 0.1) is 50.0 Å². The Morgan fingerprint density at radius 2 is 1.97 bits per heavy atom. The number of esters is 1. The summed E-state index contributed by atoms with van der Waals surface area (Å²) in [6.45, 7) is 0.101. The molecule has 1 unspecified atom stereocenters. The number of carbonyl (C=O) groups excluding carboxylic acids is 6. The molecule has 0 bridgehead atoms. The van der Waals surface area contributed by atoms with Gasteiger partial charge in [-0.1, -0.05) is 6.07 Å².